The number of hydrogen-bond acceptors (Lipinski definition) is 2. The fourth-order valence-electron chi connectivity index (χ4n) is 2.25. The van der Waals surface area contributed by atoms with Gasteiger partial charge in [0.2, 0.25) is 0 Å². The summed E-state index contributed by atoms with van der Waals surface area (Å²) in [7, 11) is 2.02. The molecule has 2 heteroatoms. The second kappa shape index (κ2) is 6.48. The third kappa shape index (κ3) is 3.65. The van der Waals surface area contributed by atoms with Crippen molar-refractivity contribution in [2.24, 2.45) is 0 Å². The van der Waals surface area contributed by atoms with Gasteiger partial charge in [-0.1, -0.05) is 38.1 Å². The van der Waals surface area contributed by atoms with E-state index in [9.17, 15) is 0 Å². The fraction of sp³-hybridized carbons (Fsp3) is 0.353. The van der Waals surface area contributed by atoms with Crippen LogP contribution in [0.25, 0.3) is 0 Å². The van der Waals surface area contributed by atoms with Gasteiger partial charge in [-0.25, -0.2) is 0 Å². The monoisotopic (exact) mass is 254 g/mol. The SMILES string of the molecule is CNC(Cc1ccncc1)c1ccc(C(C)C)cc1. The molecule has 1 N–H and O–H groups in total. The van der Waals surface area contributed by atoms with Crippen molar-refractivity contribution in [1.82, 2.24) is 10.3 Å². The van der Waals surface area contributed by atoms with Crippen molar-refractivity contribution in [2.75, 3.05) is 7.05 Å². The van der Waals surface area contributed by atoms with Gasteiger partial charge in [-0.05, 0) is 48.2 Å². The maximum absolute atomic E-state index is 4.06. The lowest BCUT2D eigenvalue weighted by Crippen LogP contribution is -2.18. The number of pyridine rings is 1. The van der Waals surface area contributed by atoms with Crippen LogP contribution in [-0.2, 0) is 6.42 Å². The summed E-state index contributed by atoms with van der Waals surface area (Å²) in [6.45, 7) is 4.45. The summed E-state index contributed by atoms with van der Waals surface area (Å²) in [4.78, 5) is 4.06. The van der Waals surface area contributed by atoms with Crippen molar-refractivity contribution in [3.05, 3.63) is 65.5 Å². The lowest BCUT2D eigenvalue weighted by Gasteiger charge is -2.17. The predicted octanol–water partition coefficient (Wildman–Crippen LogP) is 3.71. The normalized spacial score (nSPS) is 12.6. The maximum Gasteiger partial charge on any atom is 0.0358 e. The van der Waals surface area contributed by atoms with E-state index in [1.54, 1.807) is 0 Å². The molecule has 1 atom stereocenters. The molecule has 0 aliphatic rings. The summed E-state index contributed by atoms with van der Waals surface area (Å²) in [6, 6.07) is 13.4. The first-order valence-corrected chi connectivity index (χ1v) is 6.86. The highest BCUT2D eigenvalue weighted by Crippen LogP contribution is 2.21. The number of aromatic nitrogens is 1. The minimum atomic E-state index is 0.351. The van der Waals surface area contributed by atoms with Gasteiger partial charge in [-0.15, -0.1) is 0 Å². The van der Waals surface area contributed by atoms with Gasteiger partial charge in [-0.2, -0.15) is 0 Å². The Kier molecular flexibility index (Phi) is 4.69. The standard InChI is InChI=1S/C17H22N2/c1-13(2)15-4-6-16(7-5-15)17(18-3)12-14-8-10-19-11-9-14/h4-11,13,17-18H,12H2,1-3H3. The number of benzene rings is 1. The quantitative estimate of drug-likeness (QED) is 0.880. The second-order valence-corrected chi connectivity index (χ2v) is 5.22. The second-order valence-electron chi connectivity index (χ2n) is 5.22. The summed E-state index contributed by atoms with van der Waals surface area (Å²) in [5.74, 6) is 0.585. The fourth-order valence-corrected chi connectivity index (χ4v) is 2.25. The summed E-state index contributed by atoms with van der Waals surface area (Å²) in [6.07, 6.45) is 4.69. The molecule has 100 valence electrons. The van der Waals surface area contributed by atoms with Gasteiger partial charge < -0.3 is 5.32 Å². The van der Waals surface area contributed by atoms with Gasteiger partial charge in [0.1, 0.15) is 0 Å². The Labute approximate surface area is 115 Å². The maximum atomic E-state index is 4.06. The highest BCUT2D eigenvalue weighted by molar-refractivity contribution is 5.28. The molecule has 19 heavy (non-hydrogen) atoms. The molecule has 0 bridgehead atoms. The number of hydrogen-bond donors (Lipinski definition) is 1. The Balaban J connectivity index is 2.13. The van der Waals surface area contributed by atoms with Crippen LogP contribution >= 0.6 is 0 Å². The van der Waals surface area contributed by atoms with E-state index in [4.69, 9.17) is 0 Å². The molecule has 2 rings (SSSR count). The molecule has 0 fully saturated rings. The zero-order valence-corrected chi connectivity index (χ0v) is 11.9. The van der Waals surface area contributed by atoms with Crippen LogP contribution in [0, 0.1) is 0 Å². The van der Waals surface area contributed by atoms with Gasteiger partial charge in [-0.3, -0.25) is 4.98 Å². The Morgan fingerprint density at radius 2 is 1.53 bits per heavy atom. The number of rotatable bonds is 5. The van der Waals surface area contributed by atoms with Crippen molar-refractivity contribution in [1.29, 1.82) is 0 Å². The molecule has 0 aliphatic carbocycles. The van der Waals surface area contributed by atoms with Crippen LogP contribution in [0.2, 0.25) is 0 Å². The Morgan fingerprint density at radius 3 is 2.05 bits per heavy atom. The van der Waals surface area contributed by atoms with Crippen LogP contribution in [0.1, 0.15) is 42.5 Å². The first-order valence-electron chi connectivity index (χ1n) is 6.86. The van der Waals surface area contributed by atoms with Crippen LogP contribution in [0.15, 0.2) is 48.8 Å². The molecule has 0 aliphatic heterocycles. The van der Waals surface area contributed by atoms with Crippen LogP contribution in [0.3, 0.4) is 0 Å². The largest absolute Gasteiger partial charge is 0.313 e. The average molecular weight is 254 g/mol. The molecule has 1 heterocycles. The number of nitrogens with zero attached hydrogens (tertiary/aromatic N) is 1. The van der Waals surface area contributed by atoms with E-state index in [1.807, 2.05) is 19.4 Å². The molecule has 1 aromatic heterocycles. The van der Waals surface area contributed by atoms with Crippen molar-refractivity contribution < 1.29 is 0 Å². The molecule has 0 radical (unpaired) electrons. The van der Waals surface area contributed by atoms with Gasteiger partial charge in [0.25, 0.3) is 0 Å². The Hall–Kier alpha value is -1.67. The van der Waals surface area contributed by atoms with Gasteiger partial charge >= 0.3 is 0 Å². The highest BCUT2D eigenvalue weighted by Gasteiger charge is 2.10. The molecular formula is C17H22N2. The third-order valence-corrected chi connectivity index (χ3v) is 3.54. The molecule has 2 nitrogen and oxygen atoms in total. The van der Waals surface area contributed by atoms with E-state index >= 15 is 0 Å². The molecule has 1 unspecified atom stereocenters. The van der Waals surface area contributed by atoms with Crippen LogP contribution in [0.5, 0.6) is 0 Å². The summed E-state index contributed by atoms with van der Waals surface area (Å²) < 4.78 is 0. The molecule has 2 aromatic rings. The molecule has 0 saturated heterocycles. The predicted molar refractivity (Wildman–Crippen MR) is 80.3 cm³/mol. The molecule has 0 amide bonds. The minimum Gasteiger partial charge on any atom is -0.313 e. The van der Waals surface area contributed by atoms with E-state index in [-0.39, 0.29) is 0 Å². The number of nitrogens with one attached hydrogen (secondary N) is 1. The first-order chi connectivity index (χ1) is 9.20. The highest BCUT2D eigenvalue weighted by atomic mass is 14.9. The van der Waals surface area contributed by atoms with Crippen LogP contribution in [0.4, 0.5) is 0 Å². The van der Waals surface area contributed by atoms with Gasteiger partial charge in [0.05, 0.1) is 0 Å². The molecule has 1 aromatic carbocycles. The zero-order chi connectivity index (χ0) is 13.7. The van der Waals surface area contributed by atoms with Crippen LogP contribution in [-0.4, -0.2) is 12.0 Å². The topological polar surface area (TPSA) is 24.9 Å². The van der Waals surface area contributed by atoms with E-state index in [2.05, 4.69) is 60.5 Å². The lowest BCUT2D eigenvalue weighted by molar-refractivity contribution is 0.591. The molecule has 0 spiro atoms. The molecule has 0 saturated carbocycles. The minimum absolute atomic E-state index is 0.351. The summed E-state index contributed by atoms with van der Waals surface area (Å²) in [5.41, 5.74) is 4.04. The molecular weight excluding hydrogens is 232 g/mol. The Morgan fingerprint density at radius 1 is 0.947 bits per heavy atom. The van der Waals surface area contributed by atoms with Crippen LogP contribution < -0.4 is 5.32 Å². The number of likely N-dealkylation sites (N-methyl/N-ethyl adjacent to an activating group) is 1. The average Bonchev–Trinajstić information content (AvgIpc) is 2.46. The van der Waals surface area contributed by atoms with E-state index < -0.39 is 0 Å². The summed E-state index contributed by atoms with van der Waals surface area (Å²) in [5, 5.41) is 3.40. The van der Waals surface area contributed by atoms with Crippen molar-refractivity contribution in [3.63, 3.8) is 0 Å². The van der Waals surface area contributed by atoms with Crippen molar-refractivity contribution in [2.45, 2.75) is 32.2 Å². The zero-order valence-electron chi connectivity index (χ0n) is 11.9. The van der Waals surface area contributed by atoms with E-state index in [0.29, 0.717) is 12.0 Å². The first kappa shape index (κ1) is 13.8. The Bertz CT molecular complexity index is 488. The van der Waals surface area contributed by atoms with E-state index in [1.165, 1.54) is 16.7 Å². The third-order valence-electron chi connectivity index (χ3n) is 3.54. The lowest BCUT2D eigenvalue weighted by atomic mass is 9.96. The van der Waals surface area contributed by atoms with E-state index in [0.717, 1.165) is 6.42 Å². The smallest absolute Gasteiger partial charge is 0.0358 e. The van der Waals surface area contributed by atoms with Gasteiger partial charge in [0, 0.05) is 18.4 Å². The van der Waals surface area contributed by atoms with Crippen molar-refractivity contribution >= 4 is 0 Å². The summed E-state index contributed by atoms with van der Waals surface area (Å²) >= 11 is 0. The van der Waals surface area contributed by atoms with Gasteiger partial charge in [0.15, 0.2) is 0 Å². The van der Waals surface area contributed by atoms with Crippen molar-refractivity contribution in [3.8, 4) is 0 Å².